The van der Waals surface area contributed by atoms with Gasteiger partial charge in [0, 0.05) is 19.4 Å². The Balaban J connectivity index is 1.93. The average Bonchev–Trinajstić information content (AvgIpc) is 3.21. The molecule has 5 nitrogen and oxygen atoms in total. The minimum absolute atomic E-state index is 0.204. The van der Waals surface area contributed by atoms with E-state index in [1.54, 1.807) is 41.2 Å². The van der Waals surface area contributed by atoms with Gasteiger partial charge in [0.2, 0.25) is 0 Å². The van der Waals surface area contributed by atoms with Gasteiger partial charge in [-0.2, -0.15) is 0 Å². The van der Waals surface area contributed by atoms with Gasteiger partial charge in [0.1, 0.15) is 17.7 Å². The van der Waals surface area contributed by atoms with E-state index in [0.717, 1.165) is 0 Å². The van der Waals surface area contributed by atoms with E-state index in [4.69, 9.17) is 4.42 Å². The third-order valence-electron chi connectivity index (χ3n) is 3.58. The number of nitrogens with zero attached hydrogens (tertiary/aromatic N) is 2. The zero-order valence-corrected chi connectivity index (χ0v) is 14.0. The van der Waals surface area contributed by atoms with Crippen molar-refractivity contribution in [3.8, 4) is 0 Å². The van der Waals surface area contributed by atoms with Crippen LogP contribution in [0.2, 0.25) is 0 Å². The van der Waals surface area contributed by atoms with Crippen LogP contribution in [0.25, 0.3) is 0 Å². The van der Waals surface area contributed by atoms with Crippen molar-refractivity contribution in [3.05, 3.63) is 71.8 Å². The van der Waals surface area contributed by atoms with Gasteiger partial charge in [-0.1, -0.05) is 23.9 Å². The van der Waals surface area contributed by atoms with Crippen LogP contribution >= 0.6 is 11.8 Å². The Morgan fingerprint density at radius 3 is 2.83 bits per heavy atom. The first-order chi connectivity index (χ1) is 11.6. The molecule has 0 spiro atoms. The second-order valence-corrected chi connectivity index (χ2v) is 5.99. The molecule has 2 aromatic heterocycles. The van der Waals surface area contributed by atoms with Crippen molar-refractivity contribution < 1.29 is 13.6 Å². The van der Waals surface area contributed by atoms with Crippen molar-refractivity contribution in [1.29, 1.82) is 0 Å². The highest BCUT2D eigenvalue weighted by Crippen LogP contribution is 2.23. The minimum atomic E-state index is -0.587. The molecule has 1 atom stereocenters. The number of imidazole rings is 1. The summed E-state index contributed by atoms with van der Waals surface area (Å²) in [5, 5.41) is 3.52. The summed E-state index contributed by atoms with van der Waals surface area (Å²) in [6.45, 7) is 0. The number of thioether (sulfide) groups is 1. The molecule has 3 rings (SSSR count). The number of hydrogen-bond acceptors (Lipinski definition) is 4. The Morgan fingerprint density at radius 1 is 1.38 bits per heavy atom. The standard InChI is InChI=1S/C17H16FN3O2S/c1-21-9-8-19-16(21)15(11-4-3-5-12(18)10-11)20-17(22)13-6-7-14(23-13)24-2/h3-10,15H,1-2H3,(H,20,22)/t15-/m0/s1. The second kappa shape index (κ2) is 6.92. The van der Waals surface area contributed by atoms with Gasteiger partial charge >= 0.3 is 0 Å². The number of carbonyl (C=O) groups is 1. The molecule has 0 aliphatic carbocycles. The molecule has 0 saturated carbocycles. The van der Waals surface area contributed by atoms with E-state index in [9.17, 15) is 9.18 Å². The number of nitrogens with one attached hydrogen (secondary N) is 1. The first-order valence-corrected chi connectivity index (χ1v) is 8.48. The molecular formula is C17H16FN3O2S. The van der Waals surface area contributed by atoms with Crippen LogP contribution in [0.5, 0.6) is 0 Å². The predicted octanol–water partition coefficient (Wildman–Crippen LogP) is 3.39. The predicted molar refractivity (Wildman–Crippen MR) is 89.4 cm³/mol. The molecule has 24 heavy (non-hydrogen) atoms. The first-order valence-electron chi connectivity index (χ1n) is 7.26. The summed E-state index contributed by atoms with van der Waals surface area (Å²) in [4.78, 5) is 16.8. The van der Waals surface area contributed by atoms with E-state index in [1.165, 1.54) is 23.9 Å². The Bertz CT molecular complexity index is 859. The Kier molecular flexibility index (Phi) is 4.71. The van der Waals surface area contributed by atoms with E-state index in [0.29, 0.717) is 16.5 Å². The average molecular weight is 345 g/mol. The highest BCUT2D eigenvalue weighted by molar-refractivity contribution is 7.98. The number of carbonyl (C=O) groups excluding carboxylic acids is 1. The SMILES string of the molecule is CSc1ccc(C(=O)N[C@@H](c2cccc(F)c2)c2nccn2C)o1. The second-order valence-electron chi connectivity index (χ2n) is 5.18. The van der Waals surface area contributed by atoms with Crippen LogP contribution < -0.4 is 5.32 Å². The first kappa shape index (κ1) is 16.3. The zero-order chi connectivity index (χ0) is 17.1. The summed E-state index contributed by atoms with van der Waals surface area (Å²) in [6, 6.07) is 8.85. The van der Waals surface area contributed by atoms with E-state index < -0.39 is 6.04 Å². The molecule has 0 aliphatic rings. The molecule has 0 bridgehead atoms. The van der Waals surface area contributed by atoms with Gasteiger partial charge in [0.15, 0.2) is 10.9 Å². The van der Waals surface area contributed by atoms with Crippen molar-refractivity contribution in [2.24, 2.45) is 7.05 Å². The summed E-state index contributed by atoms with van der Waals surface area (Å²) in [7, 11) is 1.82. The van der Waals surface area contributed by atoms with Gasteiger partial charge in [-0.25, -0.2) is 9.37 Å². The fraction of sp³-hybridized carbons (Fsp3) is 0.176. The molecule has 2 heterocycles. The maximum absolute atomic E-state index is 13.6. The van der Waals surface area contributed by atoms with Crippen LogP contribution in [0.4, 0.5) is 4.39 Å². The monoisotopic (exact) mass is 345 g/mol. The largest absolute Gasteiger partial charge is 0.445 e. The van der Waals surface area contributed by atoms with Gasteiger partial charge in [-0.3, -0.25) is 4.79 Å². The summed E-state index contributed by atoms with van der Waals surface area (Å²) >= 11 is 1.41. The number of hydrogen-bond donors (Lipinski definition) is 1. The van der Waals surface area contributed by atoms with Crippen LogP contribution in [-0.2, 0) is 7.05 Å². The number of furan rings is 1. The fourth-order valence-corrected chi connectivity index (χ4v) is 2.77. The molecule has 0 fully saturated rings. The summed E-state index contributed by atoms with van der Waals surface area (Å²) in [6.07, 6.45) is 5.27. The van der Waals surface area contributed by atoms with Crippen LogP contribution in [-0.4, -0.2) is 21.7 Å². The molecule has 0 saturated heterocycles. The molecule has 124 valence electrons. The number of halogens is 1. The van der Waals surface area contributed by atoms with E-state index in [-0.39, 0.29) is 17.5 Å². The molecule has 1 amide bonds. The quantitative estimate of drug-likeness (QED) is 0.720. The third kappa shape index (κ3) is 3.35. The molecule has 0 unspecified atom stereocenters. The lowest BCUT2D eigenvalue weighted by Crippen LogP contribution is -2.31. The van der Waals surface area contributed by atoms with Crippen molar-refractivity contribution in [1.82, 2.24) is 14.9 Å². The van der Waals surface area contributed by atoms with Gasteiger partial charge in [0.25, 0.3) is 5.91 Å². The fourth-order valence-electron chi connectivity index (χ4n) is 2.39. The minimum Gasteiger partial charge on any atom is -0.445 e. The van der Waals surface area contributed by atoms with Gasteiger partial charge in [0.05, 0.1) is 0 Å². The van der Waals surface area contributed by atoms with Crippen molar-refractivity contribution >= 4 is 17.7 Å². The summed E-state index contributed by atoms with van der Waals surface area (Å²) < 4.78 is 20.9. The Hall–Kier alpha value is -2.54. The third-order valence-corrected chi connectivity index (χ3v) is 4.20. The van der Waals surface area contributed by atoms with E-state index in [2.05, 4.69) is 10.3 Å². The van der Waals surface area contributed by atoms with Crippen LogP contribution in [0, 0.1) is 5.82 Å². The van der Waals surface area contributed by atoms with Crippen molar-refractivity contribution in [2.45, 2.75) is 11.1 Å². The highest BCUT2D eigenvalue weighted by atomic mass is 32.2. The maximum atomic E-state index is 13.6. The zero-order valence-electron chi connectivity index (χ0n) is 13.2. The van der Waals surface area contributed by atoms with Gasteiger partial charge in [-0.15, -0.1) is 0 Å². The van der Waals surface area contributed by atoms with Crippen molar-refractivity contribution in [3.63, 3.8) is 0 Å². The van der Waals surface area contributed by atoms with Crippen LogP contribution in [0.15, 0.2) is 58.3 Å². The topological polar surface area (TPSA) is 60.1 Å². The molecule has 7 heteroatoms. The maximum Gasteiger partial charge on any atom is 0.287 e. The summed E-state index contributed by atoms with van der Waals surface area (Å²) in [5.41, 5.74) is 0.606. The lowest BCUT2D eigenvalue weighted by atomic mass is 10.1. The Morgan fingerprint density at radius 2 is 2.21 bits per heavy atom. The lowest BCUT2D eigenvalue weighted by molar-refractivity contribution is 0.0908. The number of benzene rings is 1. The molecular weight excluding hydrogens is 329 g/mol. The number of aromatic nitrogens is 2. The molecule has 0 aliphatic heterocycles. The van der Waals surface area contributed by atoms with E-state index >= 15 is 0 Å². The molecule has 1 aromatic carbocycles. The summed E-state index contributed by atoms with van der Waals surface area (Å²) in [5.74, 6) is 0.0525. The molecule has 3 aromatic rings. The number of amides is 1. The number of rotatable bonds is 5. The van der Waals surface area contributed by atoms with Gasteiger partial charge < -0.3 is 14.3 Å². The molecule has 1 N–H and O–H groups in total. The van der Waals surface area contributed by atoms with Crippen molar-refractivity contribution in [2.75, 3.05) is 6.26 Å². The van der Waals surface area contributed by atoms with Crippen LogP contribution in [0.3, 0.4) is 0 Å². The molecule has 0 radical (unpaired) electrons. The lowest BCUT2D eigenvalue weighted by Gasteiger charge is -2.18. The Labute approximate surface area is 142 Å². The van der Waals surface area contributed by atoms with E-state index in [1.807, 2.05) is 13.3 Å². The highest BCUT2D eigenvalue weighted by Gasteiger charge is 2.23. The normalized spacial score (nSPS) is 12.1. The van der Waals surface area contributed by atoms with Crippen LogP contribution in [0.1, 0.15) is 28.0 Å². The smallest absolute Gasteiger partial charge is 0.287 e. The number of aryl methyl sites for hydroxylation is 1. The van der Waals surface area contributed by atoms with Gasteiger partial charge in [-0.05, 0) is 36.1 Å².